The second-order valence-corrected chi connectivity index (χ2v) is 5.24. The minimum Gasteiger partial charge on any atom is -0.396 e. The molecule has 0 saturated carbocycles. The molecule has 0 saturated heterocycles. The van der Waals surface area contributed by atoms with Crippen LogP contribution in [0.5, 0.6) is 0 Å². The number of aliphatic hydroxyl groups is 1. The maximum Gasteiger partial charge on any atom is 0.232 e. The molecule has 1 aromatic carbocycles. The summed E-state index contributed by atoms with van der Waals surface area (Å²) in [6.07, 6.45) is 1.42. The van der Waals surface area contributed by atoms with E-state index in [-0.39, 0.29) is 12.8 Å². The first-order chi connectivity index (χ1) is 6.61. The van der Waals surface area contributed by atoms with Gasteiger partial charge in [0.15, 0.2) is 0 Å². The van der Waals surface area contributed by atoms with E-state index in [9.17, 15) is 9.46 Å². The van der Waals surface area contributed by atoms with Crippen LogP contribution in [-0.4, -0.2) is 22.8 Å². The molecule has 14 heavy (non-hydrogen) atoms. The van der Waals surface area contributed by atoms with Crippen LogP contribution in [0.3, 0.4) is 0 Å². The van der Waals surface area contributed by atoms with Crippen molar-refractivity contribution >= 4 is 18.7 Å². The van der Waals surface area contributed by atoms with E-state index < -0.39 is 7.37 Å². The topological polar surface area (TPSA) is 57.5 Å². The van der Waals surface area contributed by atoms with E-state index in [0.29, 0.717) is 10.9 Å². The Balaban J connectivity index is 3.17. The maximum atomic E-state index is 11.7. The van der Waals surface area contributed by atoms with Gasteiger partial charge in [-0.25, -0.2) is 0 Å². The van der Waals surface area contributed by atoms with Crippen LogP contribution in [0, 0.1) is 0 Å². The van der Waals surface area contributed by atoms with Crippen molar-refractivity contribution in [2.24, 2.45) is 0 Å². The number of rotatable bonds is 4. The standard InChI is InChI=1S/C10H13O3P/c1-2-9-5-3-4-6-10(9)14(12,13)8-7-11/h2-6,11H,1,7-8H2,(H,12,13). The van der Waals surface area contributed by atoms with Gasteiger partial charge in [-0.3, -0.25) is 4.57 Å². The zero-order valence-electron chi connectivity index (χ0n) is 7.76. The molecule has 1 atom stereocenters. The first kappa shape index (κ1) is 11.2. The molecule has 1 aromatic rings. The zero-order valence-corrected chi connectivity index (χ0v) is 8.65. The Bertz CT molecular complexity index is 373. The predicted molar refractivity (Wildman–Crippen MR) is 57.9 cm³/mol. The van der Waals surface area contributed by atoms with E-state index in [4.69, 9.17) is 5.11 Å². The Morgan fingerprint density at radius 3 is 2.64 bits per heavy atom. The SMILES string of the molecule is C=Cc1ccccc1P(=O)(O)CCO. The summed E-state index contributed by atoms with van der Waals surface area (Å²) in [5, 5.41) is 9.03. The average molecular weight is 212 g/mol. The van der Waals surface area contributed by atoms with Crippen LogP contribution in [-0.2, 0) is 4.57 Å². The zero-order chi connectivity index (χ0) is 10.6. The molecule has 0 aliphatic rings. The van der Waals surface area contributed by atoms with Crippen LogP contribution in [0.1, 0.15) is 5.56 Å². The third-order valence-corrected chi connectivity index (χ3v) is 3.90. The predicted octanol–water partition coefficient (Wildman–Crippen LogP) is 1.22. The van der Waals surface area contributed by atoms with Crippen molar-refractivity contribution < 1.29 is 14.6 Å². The average Bonchev–Trinajstić information content (AvgIpc) is 2.18. The third kappa shape index (κ3) is 2.32. The van der Waals surface area contributed by atoms with Gasteiger partial charge in [-0.05, 0) is 11.6 Å². The van der Waals surface area contributed by atoms with E-state index in [1.165, 1.54) is 6.08 Å². The highest BCUT2D eigenvalue weighted by atomic mass is 31.2. The van der Waals surface area contributed by atoms with Gasteiger partial charge in [0.05, 0.1) is 12.8 Å². The fourth-order valence-electron chi connectivity index (χ4n) is 1.23. The molecule has 3 nitrogen and oxygen atoms in total. The largest absolute Gasteiger partial charge is 0.396 e. The fraction of sp³-hybridized carbons (Fsp3) is 0.200. The van der Waals surface area contributed by atoms with Gasteiger partial charge >= 0.3 is 0 Å². The molecule has 0 bridgehead atoms. The number of hydrogen-bond donors (Lipinski definition) is 2. The van der Waals surface area contributed by atoms with Gasteiger partial charge in [0.1, 0.15) is 0 Å². The Kier molecular flexibility index (Phi) is 3.64. The van der Waals surface area contributed by atoms with Crippen LogP contribution in [0.25, 0.3) is 6.08 Å². The van der Waals surface area contributed by atoms with E-state index in [0.717, 1.165) is 0 Å². The van der Waals surface area contributed by atoms with Crippen molar-refractivity contribution in [1.29, 1.82) is 0 Å². The molecule has 4 heteroatoms. The molecule has 1 rings (SSSR count). The van der Waals surface area contributed by atoms with Gasteiger partial charge in [-0.15, -0.1) is 0 Å². The van der Waals surface area contributed by atoms with Gasteiger partial charge < -0.3 is 10.00 Å². The number of aliphatic hydroxyl groups excluding tert-OH is 1. The summed E-state index contributed by atoms with van der Waals surface area (Å²) in [4.78, 5) is 9.65. The summed E-state index contributed by atoms with van der Waals surface area (Å²) in [7, 11) is -3.42. The Hall–Kier alpha value is -0.890. The van der Waals surface area contributed by atoms with Crippen molar-refractivity contribution in [3.05, 3.63) is 36.4 Å². The molecule has 0 aliphatic heterocycles. The Morgan fingerprint density at radius 1 is 1.43 bits per heavy atom. The Morgan fingerprint density at radius 2 is 2.07 bits per heavy atom. The van der Waals surface area contributed by atoms with Crippen molar-refractivity contribution in [3.8, 4) is 0 Å². The highest BCUT2D eigenvalue weighted by Crippen LogP contribution is 2.39. The summed E-state index contributed by atoms with van der Waals surface area (Å²) in [6.45, 7) is 3.28. The highest BCUT2D eigenvalue weighted by molar-refractivity contribution is 7.66. The molecular formula is C10H13O3P. The minimum absolute atomic E-state index is 0.113. The second kappa shape index (κ2) is 4.56. The van der Waals surface area contributed by atoms with Crippen LogP contribution in [0.4, 0.5) is 0 Å². The van der Waals surface area contributed by atoms with E-state index >= 15 is 0 Å². The first-order valence-corrected chi connectivity index (χ1v) is 6.11. The normalized spacial score (nSPS) is 14.7. The lowest BCUT2D eigenvalue weighted by Crippen LogP contribution is -2.12. The molecule has 0 spiro atoms. The molecule has 1 unspecified atom stereocenters. The summed E-state index contributed by atoms with van der Waals surface area (Å²) in [5.41, 5.74) is 0.645. The number of hydrogen-bond acceptors (Lipinski definition) is 2. The van der Waals surface area contributed by atoms with E-state index in [2.05, 4.69) is 6.58 Å². The van der Waals surface area contributed by atoms with Crippen molar-refractivity contribution in [1.82, 2.24) is 0 Å². The maximum absolute atomic E-state index is 11.7. The smallest absolute Gasteiger partial charge is 0.232 e. The lowest BCUT2D eigenvalue weighted by atomic mass is 10.2. The lowest BCUT2D eigenvalue weighted by Gasteiger charge is -2.12. The van der Waals surface area contributed by atoms with Gasteiger partial charge in [0, 0.05) is 5.30 Å². The van der Waals surface area contributed by atoms with Gasteiger partial charge in [0.25, 0.3) is 0 Å². The molecule has 0 heterocycles. The highest BCUT2D eigenvalue weighted by Gasteiger charge is 2.22. The molecule has 0 amide bonds. The van der Waals surface area contributed by atoms with Crippen LogP contribution in [0.15, 0.2) is 30.8 Å². The first-order valence-electron chi connectivity index (χ1n) is 4.26. The molecule has 0 fully saturated rings. The van der Waals surface area contributed by atoms with Gasteiger partial charge in [0.2, 0.25) is 7.37 Å². The monoisotopic (exact) mass is 212 g/mol. The molecule has 0 aliphatic carbocycles. The quantitative estimate of drug-likeness (QED) is 0.738. The summed E-state index contributed by atoms with van der Waals surface area (Å²) in [6, 6.07) is 6.79. The molecule has 0 radical (unpaired) electrons. The second-order valence-electron chi connectivity index (χ2n) is 2.91. The van der Waals surface area contributed by atoms with Crippen molar-refractivity contribution in [3.63, 3.8) is 0 Å². The van der Waals surface area contributed by atoms with Crippen molar-refractivity contribution in [2.45, 2.75) is 0 Å². The van der Waals surface area contributed by atoms with Crippen LogP contribution < -0.4 is 5.30 Å². The van der Waals surface area contributed by atoms with Gasteiger partial charge in [-0.2, -0.15) is 0 Å². The summed E-state index contributed by atoms with van der Waals surface area (Å²) in [5.74, 6) is 0. The minimum atomic E-state index is -3.42. The summed E-state index contributed by atoms with van der Waals surface area (Å²) >= 11 is 0. The summed E-state index contributed by atoms with van der Waals surface area (Å²) < 4.78 is 11.7. The fourth-order valence-corrected chi connectivity index (χ4v) is 2.63. The number of benzene rings is 1. The Labute approximate surface area is 83.2 Å². The molecular weight excluding hydrogens is 199 g/mol. The van der Waals surface area contributed by atoms with E-state index in [1.807, 2.05) is 0 Å². The van der Waals surface area contributed by atoms with Gasteiger partial charge in [-0.1, -0.05) is 30.9 Å². The molecule has 2 N–H and O–H groups in total. The van der Waals surface area contributed by atoms with Crippen molar-refractivity contribution in [2.75, 3.05) is 12.8 Å². The third-order valence-electron chi connectivity index (χ3n) is 1.94. The van der Waals surface area contributed by atoms with Crippen LogP contribution in [0.2, 0.25) is 0 Å². The van der Waals surface area contributed by atoms with Crippen LogP contribution >= 0.6 is 7.37 Å². The lowest BCUT2D eigenvalue weighted by molar-refractivity contribution is 0.315. The van der Waals surface area contributed by atoms with E-state index in [1.54, 1.807) is 24.3 Å². The molecule has 0 aromatic heterocycles. The molecule has 76 valence electrons.